The van der Waals surface area contributed by atoms with Gasteiger partial charge in [0, 0.05) is 50.9 Å². The van der Waals surface area contributed by atoms with Crippen LogP contribution in [0.15, 0.2) is 18.3 Å². The predicted molar refractivity (Wildman–Crippen MR) is 92.8 cm³/mol. The van der Waals surface area contributed by atoms with Gasteiger partial charge in [0.2, 0.25) is 11.8 Å². The van der Waals surface area contributed by atoms with Gasteiger partial charge in [-0.1, -0.05) is 0 Å². The summed E-state index contributed by atoms with van der Waals surface area (Å²) < 4.78 is 0. The molecule has 1 N–H and O–H groups in total. The second-order valence-electron chi connectivity index (χ2n) is 7.78. The van der Waals surface area contributed by atoms with Crippen molar-refractivity contribution in [3.05, 3.63) is 24.0 Å². The summed E-state index contributed by atoms with van der Waals surface area (Å²) >= 11 is 0. The first-order chi connectivity index (χ1) is 11.8. The molecule has 1 atom stereocenters. The van der Waals surface area contributed by atoms with Crippen molar-refractivity contribution in [1.29, 1.82) is 0 Å². The van der Waals surface area contributed by atoms with Crippen molar-refractivity contribution in [1.82, 2.24) is 19.7 Å². The number of nitrogens with one attached hydrogen (secondary N) is 1. The molecule has 3 amide bonds. The van der Waals surface area contributed by atoms with E-state index in [0.717, 1.165) is 0 Å². The van der Waals surface area contributed by atoms with Crippen molar-refractivity contribution in [3.8, 4) is 0 Å². The number of rotatable bonds is 2. The highest BCUT2D eigenvalue weighted by Gasteiger charge is 2.41. The molecule has 0 aromatic carbocycles. The Balaban J connectivity index is 1.56. The molecule has 0 aliphatic carbocycles. The Morgan fingerprint density at radius 2 is 1.76 bits per heavy atom. The summed E-state index contributed by atoms with van der Waals surface area (Å²) in [5, 5.41) is 0. The van der Waals surface area contributed by atoms with E-state index >= 15 is 0 Å². The van der Waals surface area contributed by atoms with Gasteiger partial charge in [0.05, 0.1) is 5.92 Å². The second-order valence-corrected chi connectivity index (χ2v) is 7.78. The van der Waals surface area contributed by atoms with Crippen molar-refractivity contribution in [2.45, 2.75) is 32.7 Å². The maximum atomic E-state index is 12.8. The number of piperazine rings is 1. The van der Waals surface area contributed by atoms with Crippen LogP contribution in [0.4, 0.5) is 0 Å². The number of aromatic amines is 1. The van der Waals surface area contributed by atoms with E-state index < -0.39 is 0 Å². The van der Waals surface area contributed by atoms with Crippen molar-refractivity contribution in [2.24, 2.45) is 5.92 Å². The molecule has 2 aliphatic rings. The van der Waals surface area contributed by atoms with E-state index in [1.54, 1.807) is 33.0 Å². The van der Waals surface area contributed by atoms with Gasteiger partial charge < -0.3 is 19.7 Å². The molecule has 2 aliphatic heterocycles. The van der Waals surface area contributed by atoms with Crippen LogP contribution in [0.3, 0.4) is 0 Å². The molecule has 0 saturated carbocycles. The molecule has 1 aromatic rings. The Labute approximate surface area is 148 Å². The molecule has 7 heteroatoms. The van der Waals surface area contributed by atoms with Crippen LogP contribution in [0.2, 0.25) is 0 Å². The number of carbonyl (C=O) groups is 3. The fraction of sp³-hybridized carbons (Fsp3) is 0.611. The molecule has 0 radical (unpaired) electrons. The molecule has 0 spiro atoms. The Morgan fingerprint density at radius 3 is 2.28 bits per heavy atom. The molecule has 3 heterocycles. The fourth-order valence-electron chi connectivity index (χ4n) is 3.54. The highest BCUT2D eigenvalue weighted by molar-refractivity contribution is 5.93. The highest BCUT2D eigenvalue weighted by Crippen LogP contribution is 2.27. The third-order valence-corrected chi connectivity index (χ3v) is 4.99. The molecule has 2 fully saturated rings. The van der Waals surface area contributed by atoms with E-state index in [9.17, 15) is 14.4 Å². The lowest BCUT2D eigenvalue weighted by molar-refractivity contribution is -0.137. The van der Waals surface area contributed by atoms with Gasteiger partial charge in [-0.05, 0) is 32.9 Å². The third-order valence-electron chi connectivity index (χ3n) is 4.99. The SMILES string of the molecule is CC(C)(C)N1C[C@H](C(=O)N2CCN(C(=O)c3ccc[nH]3)CC2)CC1=O. The lowest BCUT2D eigenvalue weighted by atomic mass is 10.1. The minimum atomic E-state index is -0.266. The maximum absolute atomic E-state index is 12.8. The standard InChI is InChI=1S/C18H26N4O3/c1-18(2,3)22-12-13(11-15(22)23)16(24)20-7-9-21(10-8-20)17(25)14-5-4-6-19-14/h4-6,13,19H,7-12H2,1-3H3/t13-/m1/s1. The van der Waals surface area contributed by atoms with Crippen LogP contribution in [0.5, 0.6) is 0 Å². The number of hydrogen-bond acceptors (Lipinski definition) is 3. The van der Waals surface area contributed by atoms with Gasteiger partial charge in [0.15, 0.2) is 0 Å². The van der Waals surface area contributed by atoms with E-state index in [1.165, 1.54) is 0 Å². The quantitative estimate of drug-likeness (QED) is 0.866. The van der Waals surface area contributed by atoms with Crippen LogP contribution in [0.1, 0.15) is 37.7 Å². The smallest absolute Gasteiger partial charge is 0.270 e. The van der Waals surface area contributed by atoms with E-state index in [0.29, 0.717) is 38.4 Å². The van der Waals surface area contributed by atoms with Crippen LogP contribution < -0.4 is 0 Å². The summed E-state index contributed by atoms with van der Waals surface area (Å²) in [5.41, 5.74) is 0.315. The first-order valence-corrected chi connectivity index (χ1v) is 8.79. The Bertz CT molecular complexity index is 654. The first-order valence-electron chi connectivity index (χ1n) is 8.79. The number of hydrogen-bond donors (Lipinski definition) is 1. The number of amides is 3. The first kappa shape index (κ1) is 17.5. The molecule has 7 nitrogen and oxygen atoms in total. The van der Waals surface area contributed by atoms with Gasteiger partial charge in [-0.15, -0.1) is 0 Å². The summed E-state index contributed by atoms with van der Waals surface area (Å²) in [6.07, 6.45) is 2.02. The zero-order chi connectivity index (χ0) is 18.2. The zero-order valence-corrected chi connectivity index (χ0v) is 15.1. The van der Waals surface area contributed by atoms with Crippen LogP contribution in [0, 0.1) is 5.92 Å². The van der Waals surface area contributed by atoms with Crippen molar-refractivity contribution in [2.75, 3.05) is 32.7 Å². The van der Waals surface area contributed by atoms with E-state index in [2.05, 4.69) is 4.98 Å². The molecule has 0 bridgehead atoms. The van der Waals surface area contributed by atoms with Crippen molar-refractivity contribution >= 4 is 17.7 Å². The largest absolute Gasteiger partial charge is 0.357 e. The molecule has 1 aromatic heterocycles. The monoisotopic (exact) mass is 346 g/mol. The zero-order valence-electron chi connectivity index (χ0n) is 15.1. The molecular weight excluding hydrogens is 320 g/mol. The predicted octanol–water partition coefficient (Wildman–Crippen LogP) is 0.946. The third kappa shape index (κ3) is 3.55. The number of carbonyl (C=O) groups excluding carboxylic acids is 3. The summed E-state index contributed by atoms with van der Waals surface area (Å²) in [6.45, 7) is 8.54. The second kappa shape index (κ2) is 6.54. The molecular formula is C18H26N4O3. The van der Waals surface area contributed by atoms with Gasteiger partial charge in [0.25, 0.3) is 5.91 Å². The fourth-order valence-corrected chi connectivity index (χ4v) is 3.54. The highest BCUT2D eigenvalue weighted by atomic mass is 16.2. The molecule has 2 saturated heterocycles. The molecule has 136 valence electrons. The number of likely N-dealkylation sites (tertiary alicyclic amines) is 1. The van der Waals surface area contributed by atoms with Gasteiger partial charge in [-0.2, -0.15) is 0 Å². The minimum absolute atomic E-state index is 0.0343. The summed E-state index contributed by atoms with van der Waals surface area (Å²) in [5.74, 6) is -0.220. The lowest BCUT2D eigenvalue weighted by Crippen LogP contribution is -2.52. The van der Waals surface area contributed by atoms with Gasteiger partial charge in [-0.3, -0.25) is 14.4 Å². The van der Waals surface area contributed by atoms with Gasteiger partial charge in [0.1, 0.15) is 5.69 Å². The Kier molecular flexibility index (Phi) is 4.58. The molecule has 0 unspecified atom stereocenters. The van der Waals surface area contributed by atoms with E-state index in [-0.39, 0.29) is 35.6 Å². The van der Waals surface area contributed by atoms with Gasteiger partial charge >= 0.3 is 0 Å². The van der Waals surface area contributed by atoms with Crippen LogP contribution in [-0.4, -0.2) is 75.7 Å². The average molecular weight is 346 g/mol. The normalized spacial score (nSPS) is 21.8. The molecule has 25 heavy (non-hydrogen) atoms. The van der Waals surface area contributed by atoms with Gasteiger partial charge in [-0.25, -0.2) is 0 Å². The number of nitrogens with zero attached hydrogens (tertiary/aromatic N) is 3. The summed E-state index contributed by atoms with van der Waals surface area (Å²) in [7, 11) is 0. The van der Waals surface area contributed by atoms with Crippen LogP contribution in [0.25, 0.3) is 0 Å². The van der Waals surface area contributed by atoms with Crippen molar-refractivity contribution < 1.29 is 14.4 Å². The Morgan fingerprint density at radius 1 is 1.12 bits per heavy atom. The summed E-state index contributed by atoms with van der Waals surface area (Å²) in [6, 6.07) is 3.55. The lowest BCUT2D eigenvalue weighted by Gasteiger charge is -2.36. The Hall–Kier alpha value is -2.31. The minimum Gasteiger partial charge on any atom is -0.357 e. The van der Waals surface area contributed by atoms with E-state index in [4.69, 9.17) is 0 Å². The topological polar surface area (TPSA) is 76.7 Å². The summed E-state index contributed by atoms with van der Waals surface area (Å²) in [4.78, 5) is 45.6. The van der Waals surface area contributed by atoms with Crippen LogP contribution >= 0.6 is 0 Å². The number of H-pyrrole nitrogens is 1. The maximum Gasteiger partial charge on any atom is 0.270 e. The van der Waals surface area contributed by atoms with Crippen LogP contribution in [-0.2, 0) is 9.59 Å². The van der Waals surface area contributed by atoms with E-state index in [1.807, 2.05) is 20.8 Å². The van der Waals surface area contributed by atoms with Crippen molar-refractivity contribution in [3.63, 3.8) is 0 Å². The molecule has 3 rings (SSSR count). The average Bonchev–Trinajstić information content (AvgIpc) is 3.22. The number of aromatic nitrogens is 1.